The predicted octanol–water partition coefficient (Wildman–Crippen LogP) is -1.26. The molecule has 1 atom stereocenters. The molecular weight excluding hydrogens is 1960 g/mol. The van der Waals surface area contributed by atoms with Crippen LogP contribution in [0, 0.1) is 5.41 Å². The van der Waals surface area contributed by atoms with E-state index in [-0.39, 0.29) is 13.1 Å². The minimum atomic E-state index is -5.51. The summed E-state index contributed by atoms with van der Waals surface area (Å²) in [5.74, 6) is -33.9. The molecule has 0 aromatic carbocycles. The van der Waals surface area contributed by atoms with Gasteiger partial charge in [0.1, 0.15) is 5.78 Å². The maximum atomic E-state index is 15.1. The number of alkyl halides is 24. The van der Waals surface area contributed by atoms with E-state index in [4.69, 9.17) is 11.5 Å². The van der Waals surface area contributed by atoms with Crippen LogP contribution in [0.5, 0.6) is 0 Å². The zero-order valence-corrected chi connectivity index (χ0v) is 73.6. The molecule has 0 saturated heterocycles. The standard InChI is InChI=1S/C74H107F24N21O20/c75-67(76,77)55(132)110-33-25-102-45(122)3-13-63(12-2-44(121)101-24-23-99,14-4-46(123)103-26-34-111-56(133)68(78,79)80)41-43(120)1-15-64(100,17-6-53(130)119-66(42-54(131)109-32-40-117-62(139)74(96,97)98,21-10-50(127)107-30-38-115-60(137)72(90,91)92)22-11-51(128)108-31-39-116-61(138)73(93,94)95)16-5-52(129)118-65(18-7-47(124)104-27-35-112-57(134)69(81,82)83,19-8-48(125)105-28-36-113-58(135)70(84,85)86)20-9-49(126)106-29-37-114-59(136)71(87,88)89/h1-42,99-100H2,(H,101,121)(H,102,122)(H,103,123)(H,104,124)(H,105,125)(H,106,126)(H,107,127)(H,108,128)(H,109,131)(H,110,132)(H,111,133)(H,112,134)(H,113,135)(H,114,136)(H,115,137)(H,116,138)(H,117,139)(H,118,129)(H,119,130). The Labute approximate surface area is 773 Å². The minimum absolute atomic E-state index is 0.195. The van der Waals surface area contributed by atoms with Crippen molar-refractivity contribution in [1.29, 1.82) is 0 Å². The van der Waals surface area contributed by atoms with Gasteiger partial charge < -0.3 is 112 Å². The Morgan fingerprint density at radius 3 is 0.554 bits per heavy atom. The average Bonchev–Trinajstić information content (AvgIpc) is 0.834. The summed E-state index contributed by atoms with van der Waals surface area (Å²) in [6, 6.07) is 0. The fourth-order valence-electron chi connectivity index (χ4n) is 12.4. The highest BCUT2D eigenvalue weighted by molar-refractivity contribution is 5.88. The van der Waals surface area contributed by atoms with Gasteiger partial charge >= 0.3 is 96.7 Å². The van der Waals surface area contributed by atoms with E-state index < -0.39 is 448 Å². The van der Waals surface area contributed by atoms with Crippen molar-refractivity contribution in [2.24, 2.45) is 16.9 Å². The third-order valence-electron chi connectivity index (χ3n) is 19.7. The first-order valence-electron chi connectivity index (χ1n) is 41.8. The Morgan fingerprint density at radius 2 is 0.345 bits per heavy atom. The number of carbonyl (C=O) groups is 20. The highest BCUT2D eigenvalue weighted by atomic mass is 19.4. The van der Waals surface area contributed by atoms with Gasteiger partial charge in [-0.2, -0.15) is 105 Å². The van der Waals surface area contributed by atoms with E-state index in [9.17, 15) is 196 Å². The van der Waals surface area contributed by atoms with E-state index in [2.05, 4.69) is 58.5 Å². The number of carbonyl (C=O) groups excluding carboxylic acids is 20. The molecule has 0 heterocycles. The highest BCUT2D eigenvalue weighted by Crippen LogP contribution is 2.41. The summed E-state index contributed by atoms with van der Waals surface area (Å²) in [6.07, 6.45) is -64.7. The zero-order chi connectivity index (χ0) is 107. The molecule has 19 amide bonds. The number of Topliss-reactive ketones (excluding diaryl/α,β-unsaturated/α-hetero) is 1. The van der Waals surface area contributed by atoms with Crippen LogP contribution in [0.25, 0.3) is 0 Å². The molecule has 65 heteroatoms. The largest absolute Gasteiger partial charge is 0.471 e. The van der Waals surface area contributed by atoms with Gasteiger partial charge in [0.05, 0.1) is 0 Å². The van der Waals surface area contributed by atoms with Gasteiger partial charge in [0, 0.05) is 218 Å². The molecule has 0 aliphatic heterocycles. The number of hydrogen-bond donors (Lipinski definition) is 21. The number of amides is 19. The predicted molar refractivity (Wildman–Crippen MR) is 426 cm³/mol. The van der Waals surface area contributed by atoms with Gasteiger partial charge in [0.15, 0.2) is 0 Å². The van der Waals surface area contributed by atoms with Crippen molar-refractivity contribution in [2.75, 3.05) is 118 Å². The first kappa shape index (κ1) is 127. The van der Waals surface area contributed by atoms with Crippen LogP contribution in [0.15, 0.2) is 0 Å². The molecule has 41 nitrogen and oxygen atoms in total. The van der Waals surface area contributed by atoms with Crippen LogP contribution in [-0.4, -0.2) is 302 Å². The Morgan fingerprint density at radius 1 is 0.180 bits per heavy atom. The van der Waals surface area contributed by atoms with E-state index in [0.29, 0.717) is 0 Å². The normalized spacial score (nSPS) is 12.6. The molecule has 0 aliphatic carbocycles. The monoisotopic (exact) mass is 2070 g/mol. The fraction of sp³-hybridized carbons (Fsp3) is 0.730. The topological polar surface area (TPSA) is 622 Å². The van der Waals surface area contributed by atoms with Crippen LogP contribution >= 0.6 is 0 Å². The second kappa shape index (κ2) is 60.0. The number of nitrogens with one attached hydrogen (secondary N) is 19. The van der Waals surface area contributed by atoms with Gasteiger partial charge in [-0.1, -0.05) is 0 Å². The average molecular weight is 2070 g/mol. The van der Waals surface area contributed by atoms with Crippen molar-refractivity contribution in [3.8, 4) is 0 Å². The van der Waals surface area contributed by atoms with Gasteiger partial charge in [-0.05, 0) is 76.0 Å². The Kier molecular flexibility index (Phi) is 54.7. The molecular formula is C74H107F24N21O20. The van der Waals surface area contributed by atoms with Crippen molar-refractivity contribution < 1.29 is 201 Å². The molecule has 0 radical (unpaired) electrons. The van der Waals surface area contributed by atoms with Crippen molar-refractivity contribution in [2.45, 2.75) is 220 Å². The second-order valence-corrected chi connectivity index (χ2v) is 30.9. The molecule has 796 valence electrons. The number of nitrogens with two attached hydrogens (primary N) is 2. The summed E-state index contributed by atoms with van der Waals surface area (Å²) < 4.78 is 313. The maximum absolute atomic E-state index is 15.1. The summed E-state index contributed by atoms with van der Waals surface area (Å²) in [7, 11) is 0. The Balaban J connectivity index is 9.14. The molecule has 0 aromatic heterocycles. The molecule has 0 fully saturated rings. The quantitative estimate of drug-likeness (QED) is 0.0250. The number of ketones is 1. The second-order valence-electron chi connectivity index (χ2n) is 30.9. The Bertz CT molecular complexity index is 3900. The third-order valence-corrected chi connectivity index (χ3v) is 19.7. The van der Waals surface area contributed by atoms with E-state index in [1.807, 2.05) is 0 Å². The van der Waals surface area contributed by atoms with Crippen LogP contribution in [-0.2, 0) is 95.9 Å². The van der Waals surface area contributed by atoms with Crippen LogP contribution in [0.4, 0.5) is 105 Å². The molecule has 0 rings (SSSR count). The van der Waals surface area contributed by atoms with Gasteiger partial charge in [-0.15, -0.1) is 0 Å². The summed E-state index contributed by atoms with van der Waals surface area (Å²) in [5, 5.41) is 35.6. The summed E-state index contributed by atoms with van der Waals surface area (Å²) >= 11 is 0. The molecule has 0 saturated carbocycles. The summed E-state index contributed by atoms with van der Waals surface area (Å²) in [6.45, 7) is -14.2. The van der Waals surface area contributed by atoms with Crippen molar-refractivity contribution in [3.05, 3.63) is 0 Å². The number of halogens is 24. The van der Waals surface area contributed by atoms with Crippen molar-refractivity contribution in [3.63, 3.8) is 0 Å². The first-order chi connectivity index (χ1) is 63.9. The molecule has 0 bridgehead atoms. The lowest BCUT2D eigenvalue weighted by Crippen LogP contribution is -2.53. The van der Waals surface area contributed by atoms with Gasteiger partial charge in [-0.25, -0.2) is 0 Å². The highest BCUT2D eigenvalue weighted by Gasteiger charge is 2.47. The molecule has 0 aliphatic rings. The smallest absolute Gasteiger partial charge is 0.355 e. The van der Waals surface area contributed by atoms with E-state index in [1.54, 1.807) is 0 Å². The van der Waals surface area contributed by atoms with Gasteiger partial charge in [0.25, 0.3) is 0 Å². The number of rotatable bonds is 65. The van der Waals surface area contributed by atoms with E-state index >= 15 is 4.79 Å². The van der Waals surface area contributed by atoms with Crippen LogP contribution in [0.2, 0.25) is 0 Å². The van der Waals surface area contributed by atoms with Gasteiger partial charge in [-0.3, -0.25) is 95.9 Å². The van der Waals surface area contributed by atoms with Gasteiger partial charge in [0.2, 0.25) is 65.0 Å². The molecule has 23 N–H and O–H groups in total. The fourth-order valence-corrected chi connectivity index (χ4v) is 12.4. The van der Waals surface area contributed by atoms with Crippen molar-refractivity contribution >= 4 is 118 Å². The summed E-state index contributed by atoms with van der Waals surface area (Å²) in [5.41, 5.74) is 3.76. The van der Waals surface area contributed by atoms with Crippen LogP contribution in [0.1, 0.15) is 154 Å². The maximum Gasteiger partial charge on any atom is 0.471 e. The first-order valence-corrected chi connectivity index (χ1v) is 41.8. The minimum Gasteiger partial charge on any atom is -0.355 e. The van der Waals surface area contributed by atoms with Crippen LogP contribution in [0.3, 0.4) is 0 Å². The molecule has 139 heavy (non-hydrogen) atoms. The SMILES string of the molecule is NCCNC(=O)CCC(CCC(=O)NCCNC(=O)C(F)(F)F)(CCC(=O)NCCNC(=O)C(F)(F)F)CC(=O)CCC(N)(CCC(=O)NC(CCC(=O)NCCNC(=O)C(F)(F)F)(CCC(=O)NCCNC(=O)C(F)(F)F)CCC(=O)NCCNC(=O)C(F)(F)F)CCC(=O)NC(CCC(=O)NCCNC(=O)C(F)(F)F)(CCC(=O)NCCNC(=O)C(F)(F)F)CC(=O)NCCNC(=O)C(F)(F)F. The molecule has 1 unspecified atom stereocenters. The molecule has 0 spiro atoms. The number of hydrogen-bond acceptors (Lipinski definition) is 22. The Hall–Kier alpha value is -12.2. The zero-order valence-electron chi connectivity index (χ0n) is 73.6. The lowest BCUT2D eigenvalue weighted by molar-refractivity contribution is -0.173. The third kappa shape index (κ3) is 58.4. The molecule has 0 aromatic rings. The van der Waals surface area contributed by atoms with Crippen LogP contribution < -0.4 is 112 Å². The van der Waals surface area contributed by atoms with E-state index in [1.165, 1.54) is 42.5 Å². The van der Waals surface area contributed by atoms with E-state index in [0.717, 1.165) is 0 Å². The lowest BCUT2D eigenvalue weighted by atomic mass is 9.70. The lowest BCUT2D eigenvalue weighted by Gasteiger charge is -2.37. The summed E-state index contributed by atoms with van der Waals surface area (Å²) in [4.78, 5) is 259. The van der Waals surface area contributed by atoms with Crippen molar-refractivity contribution in [1.82, 2.24) is 101 Å².